The molecule has 1 atom stereocenters. The zero-order valence-corrected chi connectivity index (χ0v) is 23.2. The summed E-state index contributed by atoms with van der Waals surface area (Å²) in [6.45, 7) is 11.3. The summed E-state index contributed by atoms with van der Waals surface area (Å²) in [5.41, 5.74) is 5.13. The van der Waals surface area contributed by atoms with E-state index in [4.69, 9.17) is 21.6 Å². The molecule has 0 radical (unpaired) electrons. The van der Waals surface area contributed by atoms with Crippen molar-refractivity contribution in [2.45, 2.75) is 64.5 Å². The lowest BCUT2D eigenvalue weighted by Gasteiger charge is -2.33. The first-order valence-electron chi connectivity index (χ1n) is 13.5. The van der Waals surface area contributed by atoms with Crippen LogP contribution in [0.25, 0.3) is 0 Å². The van der Waals surface area contributed by atoms with Crippen molar-refractivity contribution in [3.63, 3.8) is 0 Å². The number of unbranched alkanes of at least 4 members (excludes halogenated alkanes) is 2. The van der Waals surface area contributed by atoms with Crippen LogP contribution in [-0.2, 0) is 14.3 Å². The maximum Gasteiger partial charge on any atom is 0.306 e. The fraction of sp³-hybridized carbons (Fsp3) is 0.586. The van der Waals surface area contributed by atoms with Crippen LogP contribution in [0.5, 0.6) is 5.75 Å². The summed E-state index contributed by atoms with van der Waals surface area (Å²) in [6.07, 6.45) is 7.90. The van der Waals surface area contributed by atoms with Gasteiger partial charge in [-0.1, -0.05) is 12.0 Å². The van der Waals surface area contributed by atoms with Crippen molar-refractivity contribution >= 4 is 23.7 Å². The van der Waals surface area contributed by atoms with E-state index in [1.54, 1.807) is 32.9 Å². The minimum absolute atomic E-state index is 0.120. The van der Waals surface area contributed by atoms with Crippen LogP contribution in [0.3, 0.4) is 0 Å². The number of nitrogens with two attached hydrogens (primary N) is 1. The van der Waals surface area contributed by atoms with E-state index in [0.29, 0.717) is 18.9 Å². The van der Waals surface area contributed by atoms with Crippen molar-refractivity contribution in [1.29, 1.82) is 0 Å². The molecule has 10 heteroatoms. The second-order valence-corrected chi connectivity index (χ2v) is 10.9. The number of benzene rings is 1. The van der Waals surface area contributed by atoms with Gasteiger partial charge in [-0.05, 0) is 65.1 Å². The van der Waals surface area contributed by atoms with Gasteiger partial charge in [0.2, 0.25) is 5.91 Å². The van der Waals surface area contributed by atoms with E-state index in [1.165, 1.54) is 6.07 Å². The van der Waals surface area contributed by atoms with E-state index in [9.17, 15) is 19.2 Å². The molecular formula is C29H40N4O6. The summed E-state index contributed by atoms with van der Waals surface area (Å²) in [6, 6.07) is 3.54. The van der Waals surface area contributed by atoms with Crippen molar-refractivity contribution in [1.82, 2.24) is 14.7 Å². The van der Waals surface area contributed by atoms with Gasteiger partial charge >= 0.3 is 5.97 Å². The van der Waals surface area contributed by atoms with Crippen LogP contribution in [-0.4, -0.2) is 95.9 Å². The molecule has 2 N–H and O–H groups in total. The quantitative estimate of drug-likeness (QED) is 0.175. The number of ether oxygens (including phenoxy) is 2. The maximum absolute atomic E-state index is 13.3. The molecule has 2 aliphatic rings. The Labute approximate surface area is 230 Å². The highest BCUT2D eigenvalue weighted by atomic mass is 16.6. The second kappa shape index (κ2) is 13.6. The molecule has 0 saturated carbocycles. The predicted molar refractivity (Wildman–Crippen MR) is 146 cm³/mol. The molecule has 39 heavy (non-hydrogen) atoms. The van der Waals surface area contributed by atoms with Crippen LogP contribution in [0.15, 0.2) is 18.2 Å². The lowest BCUT2D eigenvalue weighted by Crippen LogP contribution is -2.48. The largest absolute Gasteiger partial charge is 0.493 e. The Kier molecular flexibility index (Phi) is 10.5. The fourth-order valence-corrected chi connectivity index (χ4v) is 4.82. The number of carbonyl (C=O) groups is 4. The van der Waals surface area contributed by atoms with E-state index < -0.39 is 35.3 Å². The third kappa shape index (κ3) is 8.28. The average Bonchev–Trinajstić information content (AvgIpc) is 3.12. The average molecular weight is 541 g/mol. The van der Waals surface area contributed by atoms with Crippen molar-refractivity contribution in [3.05, 3.63) is 29.3 Å². The summed E-state index contributed by atoms with van der Waals surface area (Å²) < 4.78 is 11.2. The number of hydrogen-bond donors (Lipinski definition) is 1. The molecule has 3 amide bonds. The first-order chi connectivity index (χ1) is 18.5. The summed E-state index contributed by atoms with van der Waals surface area (Å²) in [4.78, 5) is 56.4. The molecule has 1 aromatic carbocycles. The van der Waals surface area contributed by atoms with Crippen LogP contribution in [0.2, 0.25) is 0 Å². The molecule has 0 unspecified atom stereocenters. The molecule has 10 nitrogen and oxygen atoms in total. The van der Waals surface area contributed by atoms with Crippen LogP contribution in [0, 0.1) is 12.3 Å². The molecule has 0 aliphatic carbocycles. The number of amides is 3. The van der Waals surface area contributed by atoms with E-state index in [2.05, 4.69) is 15.7 Å². The third-order valence-corrected chi connectivity index (χ3v) is 6.75. The number of nitrogens with zero attached hydrogens (tertiary/aromatic N) is 3. The normalized spacial score (nSPS) is 17.0. The molecule has 212 valence electrons. The first kappa shape index (κ1) is 30.1. The molecule has 0 bridgehead atoms. The molecule has 2 aliphatic heterocycles. The number of esters is 1. The van der Waals surface area contributed by atoms with Crippen molar-refractivity contribution in [2.24, 2.45) is 5.73 Å². The Morgan fingerprint density at radius 1 is 1.05 bits per heavy atom. The van der Waals surface area contributed by atoms with Crippen LogP contribution < -0.4 is 10.5 Å². The van der Waals surface area contributed by atoms with Gasteiger partial charge in [-0.15, -0.1) is 6.42 Å². The van der Waals surface area contributed by atoms with E-state index in [1.807, 2.05) is 0 Å². The standard InChI is InChI=1S/C29H40N4O6/c1-5-14-31-16-18-32(19-17-31)15-7-6-8-20-38-23-11-9-10-21-25(23)28(37)33(27(21)36)22(26(30)35)12-13-24(34)39-29(2,3)4/h1,9-11,22H,6-8,12-20H2,2-4H3,(H2,30,35)/t22-/m0/s1. The van der Waals surface area contributed by atoms with Gasteiger partial charge in [-0.25, -0.2) is 0 Å². The number of carbonyl (C=O) groups excluding carboxylic acids is 4. The topological polar surface area (TPSA) is 122 Å². The summed E-state index contributed by atoms with van der Waals surface area (Å²) in [5.74, 6) is 0.307. The number of piperazine rings is 1. The van der Waals surface area contributed by atoms with Gasteiger partial charge in [-0.3, -0.25) is 29.0 Å². The fourth-order valence-electron chi connectivity index (χ4n) is 4.82. The van der Waals surface area contributed by atoms with E-state index >= 15 is 0 Å². The molecule has 1 aromatic rings. The van der Waals surface area contributed by atoms with Gasteiger partial charge in [0, 0.05) is 32.6 Å². The number of fused-ring (bicyclic) bond motifs is 1. The maximum atomic E-state index is 13.3. The van der Waals surface area contributed by atoms with Crippen LogP contribution >= 0.6 is 0 Å². The van der Waals surface area contributed by atoms with Crippen molar-refractivity contribution in [2.75, 3.05) is 45.9 Å². The Morgan fingerprint density at radius 3 is 2.38 bits per heavy atom. The highest BCUT2D eigenvalue weighted by Gasteiger charge is 2.44. The third-order valence-electron chi connectivity index (χ3n) is 6.75. The minimum Gasteiger partial charge on any atom is -0.493 e. The van der Waals surface area contributed by atoms with Crippen LogP contribution in [0.1, 0.15) is 73.6 Å². The van der Waals surface area contributed by atoms with Gasteiger partial charge in [0.15, 0.2) is 0 Å². The highest BCUT2D eigenvalue weighted by Crippen LogP contribution is 2.33. The predicted octanol–water partition coefficient (Wildman–Crippen LogP) is 2.06. The Morgan fingerprint density at radius 2 is 1.74 bits per heavy atom. The minimum atomic E-state index is -1.27. The lowest BCUT2D eigenvalue weighted by atomic mass is 10.1. The Balaban J connectivity index is 1.52. The molecule has 0 aromatic heterocycles. The molecule has 0 spiro atoms. The lowest BCUT2D eigenvalue weighted by molar-refractivity contribution is -0.155. The van der Waals surface area contributed by atoms with Gasteiger partial charge in [0.25, 0.3) is 11.8 Å². The second-order valence-electron chi connectivity index (χ2n) is 10.9. The molecule has 3 rings (SSSR count). The van der Waals surface area contributed by atoms with E-state index in [-0.39, 0.29) is 24.0 Å². The molecule has 1 fully saturated rings. The number of imide groups is 1. The highest BCUT2D eigenvalue weighted by molar-refractivity contribution is 6.24. The van der Waals surface area contributed by atoms with Crippen molar-refractivity contribution < 1.29 is 28.7 Å². The van der Waals surface area contributed by atoms with Crippen molar-refractivity contribution in [3.8, 4) is 18.1 Å². The zero-order valence-electron chi connectivity index (χ0n) is 23.2. The first-order valence-corrected chi connectivity index (χ1v) is 13.5. The number of rotatable bonds is 13. The number of hydrogen-bond acceptors (Lipinski definition) is 8. The van der Waals surface area contributed by atoms with Gasteiger partial charge in [-0.2, -0.15) is 0 Å². The molecule has 2 heterocycles. The zero-order chi connectivity index (χ0) is 28.6. The van der Waals surface area contributed by atoms with Gasteiger partial charge in [0.05, 0.1) is 24.3 Å². The van der Waals surface area contributed by atoms with Gasteiger partial charge < -0.3 is 20.1 Å². The number of terminal acetylenes is 1. The number of primary amides is 1. The summed E-state index contributed by atoms with van der Waals surface area (Å²) >= 11 is 0. The molecular weight excluding hydrogens is 500 g/mol. The monoisotopic (exact) mass is 540 g/mol. The smallest absolute Gasteiger partial charge is 0.306 e. The summed E-state index contributed by atoms with van der Waals surface area (Å²) in [5, 5.41) is 0. The van der Waals surface area contributed by atoms with Crippen LogP contribution in [0.4, 0.5) is 0 Å². The SMILES string of the molecule is C#CCN1CCN(CCCCCOc2cccc3c2C(=O)N([C@@H](CCC(=O)OC(C)(C)C)C(N)=O)C3=O)CC1. The summed E-state index contributed by atoms with van der Waals surface area (Å²) in [7, 11) is 0. The Bertz CT molecular complexity index is 1100. The Hall–Kier alpha value is -3.42. The van der Waals surface area contributed by atoms with Gasteiger partial charge in [0.1, 0.15) is 17.4 Å². The van der Waals surface area contributed by atoms with E-state index in [0.717, 1.165) is 56.9 Å². The molecule has 1 saturated heterocycles.